The average Bonchev–Trinajstić information content (AvgIpc) is 2.66. The molecule has 88 valence electrons. The molecular weight excluding hydrogens is 186 g/mol. The molecule has 0 aliphatic heterocycles. The van der Waals surface area contributed by atoms with Gasteiger partial charge >= 0.3 is 0 Å². The first-order valence-corrected chi connectivity index (χ1v) is 6.18. The van der Waals surface area contributed by atoms with Gasteiger partial charge in [-0.1, -0.05) is 18.4 Å². The summed E-state index contributed by atoms with van der Waals surface area (Å²) < 4.78 is 5.69. The standard InChI is InChI=1S/C13H25NO/c1-11(2)8-9-15-12(3)10-14-13-6-4-5-7-13/h12-14H,1,4-10H2,2-3H3. The second kappa shape index (κ2) is 7.02. The van der Waals surface area contributed by atoms with E-state index in [1.165, 1.54) is 31.3 Å². The lowest BCUT2D eigenvalue weighted by Gasteiger charge is -2.17. The molecule has 0 radical (unpaired) electrons. The van der Waals surface area contributed by atoms with Gasteiger partial charge in [-0.3, -0.25) is 0 Å². The van der Waals surface area contributed by atoms with E-state index in [0.29, 0.717) is 6.10 Å². The SMILES string of the molecule is C=C(C)CCOC(C)CNC1CCCC1. The molecular formula is C13H25NO. The fraction of sp³-hybridized carbons (Fsp3) is 0.846. The summed E-state index contributed by atoms with van der Waals surface area (Å²) in [4.78, 5) is 0. The van der Waals surface area contributed by atoms with Gasteiger partial charge in [0.25, 0.3) is 0 Å². The third kappa shape index (κ3) is 5.95. The van der Waals surface area contributed by atoms with Crippen molar-refractivity contribution in [1.29, 1.82) is 0 Å². The van der Waals surface area contributed by atoms with Crippen LogP contribution in [-0.2, 0) is 4.74 Å². The zero-order chi connectivity index (χ0) is 11.1. The van der Waals surface area contributed by atoms with Crippen LogP contribution in [0.1, 0.15) is 46.0 Å². The van der Waals surface area contributed by atoms with Gasteiger partial charge in [-0.25, -0.2) is 0 Å². The van der Waals surface area contributed by atoms with Crippen LogP contribution >= 0.6 is 0 Å². The van der Waals surface area contributed by atoms with Gasteiger partial charge in [-0.05, 0) is 33.1 Å². The number of ether oxygens (including phenoxy) is 1. The van der Waals surface area contributed by atoms with Crippen LogP contribution < -0.4 is 5.32 Å². The summed E-state index contributed by atoms with van der Waals surface area (Å²) in [5.74, 6) is 0. The first-order chi connectivity index (χ1) is 7.18. The minimum atomic E-state index is 0.324. The maximum absolute atomic E-state index is 5.69. The number of hydrogen-bond donors (Lipinski definition) is 1. The largest absolute Gasteiger partial charge is 0.377 e. The van der Waals surface area contributed by atoms with Gasteiger partial charge in [0.1, 0.15) is 0 Å². The molecule has 1 aliphatic rings. The average molecular weight is 211 g/mol. The third-order valence-corrected chi connectivity index (χ3v) is 2.98. The summed E-state index contributed by atoms with van der Waals surface area (Å²) in [6.45, 7) is 9.85. The van der Waals surface area contributed by atoms with Crippen LogP contribution in [-0.4, -0.2) is 25.3 Å². The fourth-order valence-corrected chi connectivity index (χ4v) is 1.96. The monoisotopic (exact) mass is 211 g/mol. The Hall–Kier alpha value is -0.340. The van der Waals surface area contributed by atoms with Crippen molar-refractivity contribution >= 4 is 0 Å². The lowest BCUT2D eigenvalue weighted by atomic mass is 10.2. The van der Waals surface area contributed by atoms with Crippen molar-refractivity contribution in [2.45, 2.75) is 58.1 Å². The normalized spacial score (nSPS) is 19.3. The summed E-state index contributed by atoms with van der Waals surface area (Å²) in [5.41, 5.74) is 1.20. The Kier molecular flexibility index (Phi) is 5.96. The maximum Gasteiger partial charge on any atom is 0.0671 e. The summed E-state index contributed by atoms with van der Waals surface area (Å²) in [7, 11) is 0. The molecule has 0 amide bonds. The molecule has 2 heteroatoms. The van der Waals surface area contributed by atoms with E-state index in [-0.39, 0.29) is 0 Å². The predicted octanol–water partition coefficient (Wildman–Crippen LogP) is 2.89. The highest BCUT2D eigenvalue weighted by Gasteiger charge is 2.14. The van der Waals surface area contributed by atoms with Gasteiger partial charge in [0, 0.05) is 12.6 Å². The highest BCUT2D eigenvalue weighted by molar-refractivity contribution is 4.87. The molecule has 1 N–H and O–H groups in total. The Morgan fingerprint density at radius 2 is 2.13 bits per heavy atom. The summed E-state index contributed by atoms with van der Waals surface area (Å²) in [6.07, 6.45) is 6.78. The van der Waals surface area contributed by atoms with Gasteiger partial charge in [0.15, 0.2) is 0 Å². The van der Waals surface area contributed by atoms with Crippen molar-refractivity contribution in [2.75, 3.05) is 13.2 Å². The highest BCUT2D eigenvalue weighted by Crippen LogP contribution is 2.17. The molecule has 0 aromatic carbocycles. The van der Waals surface area contributed by atoms with Crippen LogP contribution in [0.15, 0.2) is 12.2 Å². The zero-order valence-corrected chi connectivity index (χ0v) is 10.2. The van der Waals surface area contributed by atoms with Crippen LogP contribution in [0.5, 0.6) is 0 Å². The molecule has 1 unspecified atom stereocenters. The topological polar surface area (TPSA) is 21.3 Å². The van der Waals surface area contributed by atoms with Crippen molar-refractivity contribution in [3.8, 4) is 0 Å². The van der Waals surface area contributed by atoms with E-state index < -0.39 is 0 Å². The quantitative estimate of drug-likeness (QED) is 0.654. The van der Waals surface area contributed by atoms with E-state index in [0.717, 1.165) is 25.6 Å². The minimum Gasteiger partial charge on any atom is -0.377 e. The van der Waals surface area contributed by atoms with Gasteiger partial charge in [-0.2, -0.15) is 0 Å². The van der Waals surface area contributed by atoms with E-state index >= 15 is 0 Å². The number of rotatable bonds is 7. The second-order valence-corrected chi connectivity index (χ2v) is 4.78. The van der Waals surface area contributed by atoms with Crippen molar-refractivity contribution < 1.29 is 4.74 Å². The molecule has 0 saturated heterocycles. The Bertz CT molecular complexity index is 185. The summed E-state index contributed by atoms with van der Waals surface area (Å²) in [5, 5.41) is 3.57. The second-order valence-electron chi connectivity index (χ2n) is 4.78. The minimum absolute atomic E-state index is 0.324. The lowest BCUT2D eigenvalue weighted by Crippen LogP contribution is -2.33. The molecule has 0 heterocycles. The van der Waals surface area contributed by atoms with Crippen LogP contribution in [0.2, 0.25) is 0 Å². The Balaban J connectivity index is 1.97. The smallest absolute Gasteiger partial charge is 0.0671 e. The molecule has 1 rings (SSSR count). The Morgan fingerprint density at radius 1 is 1.47 bits per heavy atom. The molecule has 1 atom stereocenters. The van der Waals surface area contributed by atoms with Crippen LogP contribution in [0.3, 0.4) is 0 Å². The summed E-state index contributed by atoms with van der Waals surface area (Å²) in [6, 6.07) is 0.747. The molecule has 1 aliphatic carbocycles. The van der Waals surface area contributed by atoms with Crippen molar-refractivity contribution in [3.05, 3.63) is 12.2 Å². The van der Waals surface area contributed by atoms with Crippen molar-refractivity contribution in [2.24, 2.45) is 0 Å². The van der Waals surface area contributed by atoms with E-state index in [9.17, 15) is 0 Å². The molecule has 0 spiro atoms. The molecule has 2 nitrogen and oxygen atoms in total. The molecule has 1 fully saturated rings. The lowest BCUT2D eigenvalue weighted by molar-refractivity contribution is 0.0663. The van der Waals surface area contributed by atoms with Crippen molar-refractivity contribution in [3.63, 3.8) is 0 Å². The Morgan fingerprint density at radius 3 is 2.73 bits per heavy atom. The molecule has 1 saturated carbocycles. The van der Waals surface area contributed by atoms with Crippen LogP contribution in [0.25, 0.3) is 0 Å². The maximum atomic E-state index is 5.69. The number of nitrogens with one attached hydrogen (secondary N) is 1. The fourth-order valence-electron chi connectivity index (χ4n) is 1.96. The van der Waals surface area contributed by atoms with E-state index in [2.05, 4.69) is 18.8 Å². The summed E-state index contributed by atoms with van der Waals surface area (Å²) >= 11 is 0. The van der Waals surface area contributed by atoms with Gasteiger partial charge in [0.05, 0.1) is 12.7 Å². The van der Waals surface area contributed by atoms with Crippen molar-refractivity contribution in [1.82, 2.24) is 5.32 Å². The van der Waals surface area contributed by atoms with Gasteiger partial charge in [0.2, 0.25) is 0 Å². The van der Waals surface area contributed by atoms with E-state index in [4.69, 9.17) is 4.74 Å². The molecule has 0 aromatic heterocycles. The molecule has 15 heavy (non-hydrogen) atoms. The predicted molar refractivity (Wildman–Crippen MR) is 65.1 cm³/mol. The molecule has 0 aromatic rings. The van der Waals surface area contributed by atoms with Gasteiger partial charge in [-0.15, -0.1) is 6.58 Å². The van der Waals surface area contributed by atoms with Crippen LogP contribution in [0.4, 0.5) is 0 Å². The van der Waals surface area contributed by atoms with E-state index in [1.54, 1.807) is 0 Å². The first kappa shape index (κ1) is 12.7. The van der Waals surface area contributed by atoms with Gasteiger partial charge < -0.3 is 10.1 Å². The number of hydrogen-bond acceptors (Lipinski definition) is 2. The zero-order valence-electron chi connectivity index (χ0n) is 10.2. The third-order valence-electron chi connectivity index (χ3n) is 2.98. The molecule has 0 bridgehead atoms. The van der Waals surface area contributed by atoms with E-state index in [1.807, 2.05) is 6.92 Å². The highest BCUT2D eigenvalue weighted by atomic mass is 16.5. The first-order valence-electron chi connectivity index (χ1n) is 6.18. The Labute approximate surface area is 94.1 Å². The van der Waals surface area contributed by atoms with Crippen LogP contribution in [0, 0.1) is 0 Å².